The summed E-state index contributed by atoms with van der Waals surface area (Å²) in [7, 11) is 0. The molecule has 0 aromatic heterocycles. The molecule has 0 bridgehead atoms. The van der Waals surface area contributed by atoms with Crippen molar-refractivity contribution in [2.75, 3.05) is 5.75 Å². The van der Waals surface area contributed by atoms with Gasteiger partial charge in [-0.15, -0.1) is 6.58 Å². The van der Waals surface area contributed by atoms with E-state index < -0.39 is 0 Å². The van der Waals surface area contributed by atoms with Gasteiger partial charge in [-0.1, -0.05) is 25.8 Å². The first-order valence-corrected chi connectivity index (χ1v) is 4.21. The van der Waals surface area contributed by atoms with Crippen molar-refractivity contribution in [3.63, 3.8) is 0 Å². The van der Waals surface area contributed by atoms with Crippen molar-refractivity contribution in [2.24, 2.45) is 5.92 Å². The second-order valence-corrected chi connectivity index (χ2v) is 2.69. The molecule has 0 spiro atoms. The maximum atomic E-state index is 4.20. The van der Waals surface area contributed by atoms with Gasteiger partial charge in [0.25, 0.3) is 0 Å². The fourth-order valence-corrected chi connectivity index (χ4v) is 1.08. The van der Waals surface area contributed by atoms with E-state index >= 15 is 0 Å². The molecule has 9 heavy (non-hydrogen) atoms. The van der Waals surface area contributed by atoms with Crippen LogP contribution in [0, 0.1) is 5.92 Å². The Morgan fingerprint density at radius 1 is 1.67 bits per heavy atom. The fraction of sp³-hybridized carbons (Fsp3) is 0.750. The Labute approximate surface area is 63.8 Å². The summed E-state index contributed by atoms with van der Waals surface area (Å²) in [6.45, 7) is 5.94. The van der Waals surface area contributed by atoms with Crippen LogP contribution in [0.25, 0.3) is 0 Å². The van der Waals surface area contributed by atoms with Gasteiger partial charge in [-0.05, 0) is 18.1 Å². The van der Waals surface area contributed by atoms with Gasteiger partial charge in [0.05, 0.1) is 0 Å². The quantitative estimate of drug-likeness (QED) is 0.445. The molecule has 0 aromatic carbocycles. The minimum absolute atomic E-state index is 0.633. The zero-order valence-corrected chi connectivity index (χ0v) is 7.03. The van der Waals surface area contributed by atoms with E-state index in [0.717, 1.165) is 5.75 Å². The summed E-state index contributed by atoms with van der Waals surface area (Å²) in [5.74, 6) is 1.58. The van der Waals surface area contributed by atoms with E-state index in [1.165, 1.54) is 19.3 Å². The number of unbranched alkanes of at least 4 members (excludes halogenated alkanes) is 1. The predicted octanol–water partition coefficient (Wildman–Crippen LogP) is 2.91. The van der Waals surface area contributed by atoms with E-state index in [9.17, 15) is 0 Å². The summed E-state index contributed by atoms with van der Waals surface area (Å²) in [5.41, 5.74) is 0. The Kier molecular flexibility index (Phi) is 6.28. The minimum Gasteiger partial charge on any atom is -0.179 e. The molecule has 0 radical (unpaired) electrons. The zero-order valence-electron chi connectivity index (χ0n) is 6.14. The van der Waals surface area contributed by atoms with Crippen LogP contribution >= 0.6 is 12.6 Å². The molecule has 0 saturated heterocycles. The van der Waals surface area contributed by atoms with Crippen molar-refractivity contribution in [3.05, 3.63) is 12.7 Å². The molecule has 0 amide bonds. The lowest BCUT2D eigenvalue weighted by Gasteiger charge is -2.05. The molecule has 0 aromatic rings. The highest BCUT2D eigenvalue weighted by Gasteiger charge is 1.98. The summed E-state index contributed by atoms with van der Waals surface area (Å²) in [6.07, 6.45) is 5.83. The normalized spacial score (nSPS) is 13.1. The molecule has 1 unspecified atom stereocenters. The first-order chi connectivity index (χ1) is 4.35. The zero-order chi connectivity index (χ0) is 7.11. The third-order valence-electron chi connectivity index (χ3n) is 1.50. The molecule has 0 heterocycles. The summed E-state index contributed by atoms with van der Waals surface area (Å²) in [4.78, 5) is 0. The number of allylic oxidation sites excluding steroid dienone is 1. The van der Waals surface area contributed by atoms with Gasteiger partial charge in [0.1, 0.15) is 0 Å². The van der Waals surface area contributed by atoms with Crippen LogP contribution in [0.5, 0.6) is 0 Å². The van der Waals surface area contributed by atoms with E-state index in [0.29, 0.717) is 5.92 Å². The third kappa shape index (κ3) is 4.58. The first kappa shape index (κ1) is 9.09. The molecule has 1 atom stereocenters. The van der Waals surface area contributed by atoms with Crippen molar-refractivity contribution in [1.82, 2.24) is 0 Å². The van der Waals surface area contributed by atoms with E-state index in [1.54, 1.807) is 0 Å². The van der Waals surface area contributed by atoms with Gasteiger partial charge in [0.15, 0.2) is 0 Å². The highest BCUT2D eigenvalue weighted by atomic mass is 32.1. The van der Waals surface area contributed by atoms with Gasteiger partial charge >= 0.3 is 0 Å². The van der Waals surface area contributed by atoms with Crippen LogP contribution in [-0.4, -0.2) is 5.75 Å². The number of thiol groups is 1. The van der Waals surface area contributed by atoms with Crippen LogP contribution in [0.2, 0.25) is 0 Å². The van der Waals surface area contributed by atoms with Crippen molar-refractivity contribution in [1.29, 1.82) is 0 Å². The van der Waals surface area contributed by atoms with Crippen LogP contribution in [0.15, 0.2) is 12.7 Å². The van der Waals surface area contributed by atoms with Crippen molar-refractivity contribution in [2.45, 2.75) is 26.2 Å². The summed E-state index contributed by atoms with van der Waals surface area (Å²) in [6, 6.07) is 0. The Morgan fingerprint density at radius 3 is 2.67 bits per heavy atom. The van der Waals surface area contributed by atoms with Crippen LogP contribution in [-0.2, 0) is 0 Å². The molecular weight excluding hydrogens is 128 g/mol. The maximum absolute atomic E-state index is 4.20. The lowest BCUT2D eigenvalue weighted by Crippen LogP contribution is -1.96. The molecule has 0 aliphatic carbocycles. The van der Waals surface area contributed by atoms with Crippen LogP contribution in [0.1, 0.15) is 26.2 Å². The van der Waals surface area contributed by atoms with Gasteiger partial charge in [-0.2, -0.15) is 12.6 Å². The van der Waals surface area contributed by atoms with Crippen molar-refractivity contribution >= 4 is 12.6 Å². The smallest absolute Gasteiger partial charge is 0.00349 e. The topological polar surface area (TPSA) is 0 Å². The van der Waals surface area contributed by atoms with Gasteiger partial charge in [-0.25, -0.2) is 0 Å². The first-order valence-electron chi connectivity index (χ1n) is 3.58. The number of rotatable bonds is 5. The lowest BCUT2D eigenvalue weighted by atomic mass is 10.1. The molecule has 1 heteroatoms. The van der Waals surface area contributed by atoms with Crippen molar-refractivity contribution in [3.8, 4) is 0 Å². The van der Waals surface area contributed by atoms with Gasteiger partial charge in [0, 0.05) is 0 Å². The third-order valence-corrected chi connectivity index (χ3v) is 1.97. The van der Waals surface area contributed by atoms with Gasteiger partial charge < -0.3 is 0 Å². The Hall–Kier alpha value is 0.0900. The molecule has 0 aliphatic heterocycles. The average molecular weight is 144 g/mol. The Morgan fingerprint density at radius 2 is 2.33 bits per heavy atom. The lowest BCUT2D eigenvalue weighted by molar-refractivity contribution is 0.607. The molecular formula is C8H16S. The molecule has 0 nitrogen and oxygen atoms in total. The molecule has 0 fully saturated rings. The van der Waals surface area contributed by atoms with Crippen molar-refractivity contribution < 1.29 is 0 Å². The second-order valence-electron chi connectivity index (χ2n) is 2.32. The Bertz CT molecular complexity index is 69.0. The van der Waals surface area contributed by atoms with E-state index in [4.69, 9.17) is 0 Å². The highest BCUT2D eigenvalue weighted by molar-refractivity contribution is 7.80. The molecule has 0 aliphatic rings. The summed E-state index contributed by atoms with van der Waals surface area (Å²) in [5, 5.41) is 0. The largest absolute Gasteiger partial charge is 0.179 e. The summed E-state index contributed by atoms with van der Waals surface area (Å²) >= 11 is 4.20. The maximum Gasteiger partial charge on any atom is -0.00349 e. The van der Waals surface area contributed by atoms with Gasteiger partial charge in [-0.3, -0.25) is 0 Å². The molecule has 0 rings (SSSR count). The average Bonchev–Trinajstić information content (AvgIpc) is 1.91. The molecule has 0 saturated carbocycles. The molecule has 54 valence electrons. The highest BCUT2D eigenvalue weighted by Crippen LogP contribution is 2.10. The van der Waals surface area contributed by atoms with Gasteiger partial charge in [0.2, 0.25) is 0 Å². The van der Waals surface area contributed by atoms with Crippen LogP contribution in [0.3, 0.4) is 0 Å². The monoisotopic (exact) mass is 144 g/mol. The van der Waals surface area contributed by atoms with Crippen LogP contribution in [0.4, 0.5) is 0 Å². The van der Waals surface area contributed by atoms with E-state index in [-0.39, 0.29) is 0 Å². The fourth-order valence-electron chi connectivity index (χ4n) is 0.750. The van der Waals surface area contributed by atoms with E-state index in [2.05, 4.69) is 26.1 Å². The SMILES string of the molecule is C=CC(CS)CCCC. The minimum atomic E-state index is 0.633. The predicted molar refractivity (Wildman–Crippen MR) is 47.1 cm³/mol. The second kappa shape index (κ2) is 6.21. The summed E-state index contributed by atoms with van der Waals surface area (Å²) < 4.78 is 0. The standard InChI is InChI=1S/C8H16S/c1-3-5-6-8(4-2)7-9/h4,8-9H,2-3,5-7H2,1H3. The number of hydrogen-bond acceptors (Lipinski definition) is 1. The molecule has 0 N–H and O–H groups in total. The van der Waals surface area contributed by atoms with Crippen LogP contribution < -0.4 is 0 Å². The number of hydrogen-bond donors (Lipinski definition) is 1. The van der Waals surface area contributed by atoms with E-state index in [1.807, 2.05) is 6.08 Å². The Balaban J connectivity index is 3.20.